The first-order chi connectivity index (χ1) is 9.13. The maximum atomic E-state index is 12.2. The van der Waals surface area contributed by atoms with Gasteiger partial charge >= 0.3 is 6.03 Å². The lowest BCUT2D eigenvalue weighted by atomic mass is 10.0. The van der Waals surface area contributed by atoms with Gasteiger partial charge in [0, 0.05) is 31.9 Å². The van der Waals surface area contributed by atoms with Gasteiger partial charge in [-0.2, -0.15) is 0 Å². The molecule has 2 atom stereocenters. The molecule has 0 radical (unpaired) electrons. The number of nitrogens with one attached hydrogen (secondary N) is 2. The van der Waals surface area contributed by atoms with Crippen molar-refractivity contribution >= 4 is 34.9 Å². The Morgan fingerprint density at radius 2 is 1.89 bits per heavy atom. The number of carbonyl (C=O) groups excluding carboxylic acids is 1. The van der Waals surface area contributed by atoms with E-state index in [1.165, 1.54) is 0 Å². The summed E-state index contributed by atoms with van der Waals surface area (Å²) in [6.45, 7) is 3.68. The van der Waals surface area contributed by atoms with Crippen LogP contribution in [0.2, 0.25) is 10.0 Å². The lowest BCUT2D eigenvalue weighted by Gasteiger charge is -2.18. The maximum absolute atomic E-state index is 12.2. The van der Waals surface area contributed by atoms with Gasteiger partial charge in [-0.05, 0) is 30.0 Å². The molecule has 0 aliphatic carbocycles. The lowest BCUT2D eigenvalue weighted by molar-refractivity contribution is 0.219. The number of nitrogens with zero attached hydrogens (tertiary/aromatic N) is 1. The molecular formula is C13H15Cl2N3O. The van der Waals surface area contributed by atoms with Crippen molar-refractivity contribution in [1.82, 2.24) is 10.2 Å². The van der Waals surface area contributed by atoms with Crippen LogP contribution < -0.4 is 10.6 Å². The quantitative estimate of drug-likeness (QED) is 0.837. The average molecular weight is 300 g/mol. The van der Waals surface area contributed by atoms with Crippen molar-refractivity contribution in [2.45, 2.75) is 0 Å². The number of fused-ring (bicyclic) bond motifs is 1. The SMILES string of the molecule is O=C(Nc1ccc(Cl)c(Cl)c1)N1CC2CNCC2C1. The number of likely N-dealkylation sites (tertiary alicyclic amines) is 1. The van der Waals surface area contributed by atoms with E-state index in [1.54, 1.807) is 18.2 Å². The highest BCUT2D eigenvalue weighted by atomic mass is 35.5. The molecule has 0 saturated carbocycles. The van der Waals surface area contributed by atoms with Gasteiger partial charge in [0.1, 0.15) is 0 Å². The van der Waals surface area contributed by atoms with Crippen molar-refractivity contribution in [3.63, 3.8) is 0 Å². The second kappa shape index (κ2) is 5.19. The van der Waals surface area contributed by atoms with Crippen LogP contribution in [0.5, 0.6) is 0 Å². The summed E-state index contributed by atoms with van der Waals surface area (Å²) in [5.41, 5.74) is 0.676. The van der Waals surface area contributed by atoms with Gasteiger partial charge in [0.15, 0.2) is 0 Å². The minimum atomic E-state index is -0.0622. The van der Waals surface area contributed by atoms with Gasteiger partial charge in [0.25, 0.3) is 0 Å². The molecule has 6 heteroatoms. The Morgan fingerprint density at radius 3 is 2.53 bits per heavy atom. The zero-order valence-electron chi connectivity index (χ0n) is 10.3. The van der Waals surface area contributed by atoms with Gasteiger partial charge < -0.3 is 15.5 Å². The summed E-state index contributed by atoms with van der Waals surface area (Å²) >= 11 is 11.8. The summed E-state index contributed by atoms with van der Waals surface area (Å²) in [5.74, 6) is 1.19. The van der Waals surface area contributed by atoms with E-state index in [0.717, 1.165) is 26.2 Å². The topological polar surface area (TPSA) is 44.4 Å². The van der Waals surface area contributed by atoms with Crippen LogP contribution in [-0.4, -0.2) is 37.1 Å². The van der Waals surface area contributed by atoms with Gasteiger partial charge in [0.05, 0.1) is 10.0 Å². The second-order valence-electron chi connectivity index (χ2n) is 5.14. The number of halogens is 2. The fourth-order valence-electron chi connectivity index (χ4n) is 2.80. The van der Waals surface area contributed by atoms with Crippen molar-refractivity contribution in [3.05, 3.63) is 28.2 Å². The highest BCUT2D eigenvalue weighted by Crippen LogP contribution is 2.28. The summed E-state index contributed by atoms with van der Waals surface area (Å²) in [6, 6.07) is 5.04. The molecule has 1 aromatic carbocycles. The molecule has 0 aromatic heterocycles. The van der Waals surface area contributed by atoms with E-state index >= 15 is 0 Å². The van der Waals surface area contributed by atoms with Crippen molar-refractivity contribution < 1.29 is 4.79 Å². The molecule has 2 saturated heterocycles. The van der Waals surface area contributed by atoms with Gasteiger partial charge in [-0.3, -0.25) is 0 Å². The Labute approximate surface area is 122 Å². The average Bonchev–Trinajstić information content (AvgIpc) is 2.94. The third-order valence-corrected chi connectivity index (χ3v) is 4.59. The number of carbonyl (C=O) groups is 1. The van der Waals surface area contributed by atoms with E-state index < -0.39 is 0 Å². The molecule has 4 nitrogen and oxygen atoms in total. The Kier molecular flexibility index (Phi) is 3.56. The number of hydrogen-bond donors (Lipinski definition) is 2. The molecule has 2 heterocycles. The van der Waals surface area contributed by atoms with Gasteiger partial charge in [-0.15, -0.1) is 0 Å². The van der Waals surface area contributed by atoms with E-state index in [-0.39, 0.29) is 6.03 Å². The molecule has 2 amide bonds. The molecule has 19 heavy (non-hydrogen) atoms. The molecule has 102 valence electrons. The summed E-state index contributed by atoms with van der Waals surface area (Å²) in [5, 5.41) is 7.16. The van der Waals surface area contributed by atoms with Crippen LogP contribution in [-0.2, 0) is 0 Å². The largest absolute Gasteiger partial charge is 0.324 e. The van der Waals surface area contributed by atoms with Gasteiger partial charge in [0.2, 0.25) is 0 Å². The zero-order chi connectivity index (χ0) is 13.4. The van der Waals surface area contributed by atoms with Crippen LogP contribution in [0.3, 0.4) is 0 Å². The number of urea groups is 1. The molecule has 0 spiro atoms. The minimum Gasteiger partial charge on any atom is -0.324 e. The molecule has 2 aliphatic rings. The number of rotatable bonds is 1. The van der Waals surface area contributed by atoms with Crippen molar-refractivity contribution in [3.8, 4) is 0 Å². The number of amides is 2. The van der Waals surface area contributed by atoms with Gasteiger partial charge in [-0.1, -0.05) is 23.2 Å². The Morgan fingerprint density at radius 1 is 1.21 bits per heavy atom. The summed E-state index contributed by atoms with van der Waals surface area (Å²) < 4.78 is 0. The highest BCUT2D eigenvalue weighted by Gasteiger charge is 2.38. The normalized spacial score (nSPS) is 25.5. The van der Waals surface area contributed by atoms with Crippen LogP contribution in [0, 0.1) is 11.8 Å². The van der Waals surface area contributed by atoms with Crippen LogP contribution >= 0.6 is 23.2 Å². The molecule has 0 bridgehead atoms. The predicted molar refractivity (Wildman–Crippen MR) is 76.9 cm³/mol. The van der Waals surface area contributed by atoms with Crippen LogP contribution in [0.25, 0.3) is 0 Å². The van der Waals surface area contributed by atoms with E-state index in [1.807, 2.05) is 4.90 Å². The standard InChI is InChI=1S/C13H15Cl2N3O/c14-11-2-1-10(3-12(11)15)17-13(19)18-6-8-4-16-5-9(8)7-18/h1-3,8-9,16H,4-7H2,(H,17,19). The first-order valence-corrected chi connectivity index (χ1v) is 7.11. The Bertz CT molecular complexity index is 497. The Balaban J connectivity index is 1.63. The summed E-state index contributed by atoms with van der Waals surface area (Å²) in [7, 11) is 0. The smallest absolute Gasteiger partial charge is 0.321 e. The van der Waals surface area contributed by atoms with Crippen molar-refractivity contribution in [2.75, 3.05) is 31.5 Å². The highest BCUT2D eigenvalue weighted by molar-refractivity contribution is 6.42. The molecule has 2 aliphatic heterocycles. The molecule has 1 aromatic rings. The predicted octanol–water partition coefficient (Wildman–Crippen LogP) is 2.68. The summed E-state index contributed by atoms with van der Waals surface area (Å²) in [4.78, 5) is 14.0. The van der Waals surface area contributed by atoms with E-state index in [4.69, 9.17) is 23.2 Å². The van der Waals surface area contributed by atoms with Crippen LogP contribution in [0.4, 0.5) is 10.5 Å². The first kappa shape index (κ1) is 13.0. The first-order valence-electron chi connectivity index (χ1n) is 6.35. The maximum Gasteiger partial charge on any atom is 0.321 e. The second-order valence-corrected chi connectivity index (χ2v) is 5.96. The lowest BCUT2D eigenvalue weighted by Crippen LogP contribution is -2.35. The third kappa shape index (κ3) is 2.66. The Hall–Kier alpha value is -0.970. The number of hydrogen-bond acceptors (Lipinski definition) is 2. The molecule has 3 rings (SSSR count). The van der Waals surface area contributed by atoms with Gasteiger partial charge in [-0.25, -0.2) is 4.79 Å². The van der Waals surface area contributed by atoms with Crippen LogP contribution in [0.1, 0.15) is 0 Å². The molecule has 2 fully saturated rings. The van der Waals surface area contributed by atoms with Crippen molar-refractivity contribution in [2.24, 2.45) is 11.8 Å². The number of benzene rings is 1. The monoisotopic (exact) mass is 299 g/mol. The minimum absolute atomic E-state index is 0.0622. The fourth-order valence-corrected chi connectivity index (χ4v) is 3.10. The number of anilines is 1. The van der Waals surface area contributed by atoms with Crippen LogP contribution in [0.15, 0.2) is 18.2 Å². The fraction of sp³-hybridized carbons (Fsp3) is 0.462. The van der Waals surface area contributed by atoms with E-state index in [9.17, 15) is 4.79 Å². The van der Waals surface area contributed by atoms with E-state index in [2.05, 4.69) is 10.6 Å². The molecule has 2 N–H and O–H groups in total. The summed E-state index contributed by atoms with van der Waals surface area (Å²) in [6.07, 6.45) is 0. The molecule has 2 unspecified atom stereocenters. The zero-order valence-corrected chi connectivity index (χ0v) is 11.8. The van der Waals surface area contributed by atoms with Crippen molar-refractivity contribution in [1.29, 1.82) is 0 Å². The van der Waals surface area contributed by atoms with E-state index in [0.29, 0.717) is 27.6 Å². The molecular weight excluding hydrogens is 285 g/mol. The third-order valence-electron chi connectivity index (χ3n) is 3.85.